The third-order valence-corrected chi connectivity index (χ3v) is 5.62. The molecule has 28 heavy (non-hydrogen) atoms. The van der Waals surface area contributed by atoms with Gasteiger partial charge in [0.05, 0.1) is 11.3 Å². The van der Waals surface area contributed by atoms with E-state index in [2.05, 4.69) is 20.8 Å². The predicted molar refractivity (Wildman–Crippen MR) is 109 cm³/mol. The van der Waals surface area contributed by atoms with Crippen molar-refractivity contribution in [1.82, 2.24) is 10.2 Å². The van der Waals surface area contributed by atoms with E-state index in [-0.39, 0.29) is 23.0 Å². The molecule has 0 aliphatic heterocycles. The summed E-state index contributed by atoms with van der Waals surface area (Å²) in [6.45, 7) is 1.96. The number of hydrogen-bond acceptors (Lipinski definition) is 7. The quantitative estimate of drug-likeness (QED) is 0.422. The van der Waals surface area contributed by atoms with E-state index in [1.807, 2.05) is 30.3 Å². The first-order valence-corrected chi connectivity index (χ1v) is 10.2. The Labute approximate surface area is 169 Å². The van der Waals surface area contributed by atoms with Crippen molar-refractivity contribution in [3.8, 4) is 0 Å². The molecule has 144 valence electrons. The third kappa shape index (κ3) is 5.61. The van der Waals surface area contributed by atoms with Crippen LogP contribution >= 0.6 is 23.1 Å². The summed E-state index contributed by atoms with van der Waals surface area (Å²) >= 11 is 2.55. The third-order valence-electron chi connectivity index (χ3n) is 3.61. The maximum Gasteiger partial charge on any atom is 0.221 e. The average molecular weight is 417 g/mol. The minimum atomic E-state index is -0.667. The van der Waals surface area contributed by atoms with Crippen LogP contribution in [0.2, 0.25) is 0 Å². The molecular formula is C19H17FN4O2S2. The Hall–Kier alpha value is -2.78. The normalized spacial score (nSPS) is 10.5. The number of thioether (sulfide) groups is 1. The Balaban J connectivity index is 1.53. The van der Waals surface area contributed by atoms with Crippen molar-refractivity contribution in [3.63, 3.8) is 0 Å². The first-order valence-electron chi connectivity index (χ1n) is 8.35. The van der Waals surface area contributed by atoms with Gasteiger partial charge in [0, 0.05) is 19.2 Å². The first kappa shape index (κ1) is 20.0. The molecule has 0 bridgehead atoms. The summed E-state index contributed by atoms with van der Waals surface area (Å²) in [7, 11) is 0. The van der Waals surface area contributed by atoms with E-state index in [0.717, 1.165) is 11.6 Å². The number of rotatable bonds is 8. The van der Waals surface area contributed by atoms with E-state index in [1.165, 1.54) is 42.2 Å². The smallest absolute Gasteiger partial charge is 0.221 e. The molecular weight excluding hydrogens is 399 g/mol. The highest BCUT2D eigenvalue weighted by Gasteiger charge is 2.15. The van der Waals surface area contributed by atoms with E-state index in [4.69, 9.17) is 0 Å². The molecule has 6 nitrogen and oxygen atoms in total. The molecule has 0 aliphatic carbocycles. The fourth-order valence-electron chi connectivity index (χ4n) is 2.34. The SMILES string of the molecule is CC(=O)Nc1ccc(C(=O)CSc2nnc(NCc3ccccc3)s2)c(F)c1. The van der Waals surface area contributed by atoms with E-state index in [1.54, 1.807) is 0 Å². The van der Waals surface area contributed by atoms with Crippen molar-refractivity contribution >= 4 is 45.6 Å². The van der Waals surface area contributed by atoms with Crippen molar-refractivity contribution in [3.05, 3.63) is 65.5 Å². The van der Waals surface area contributed by atoms with Crippen molar-refractivity contribution in [1.29, 1.82) is 0 Å². The second-order valence-electron chi connectivity index (χ2n) is 5.80. The Kier molecular flexibility index (Phi) is 6.72. The zero-order valence-electron chi connectivity index (χ0n) is 14.9. The number of carbonyl (C=O) groups is 2. The molecule has 0 saturated carbocycles. The van der Waals surface area contributed by atoms with Gasteiger partial charge in [-0.1, -0.05) is 53.4 Å². The molecule has 0 spiro atoms. The van der Waals surface area contributed by atoms with Crippen LogP contribution in [0, 0.1) is 5.82 Å². The van der Waals surface area contributed by atoms with Crippen LogP contribution in [0.1, 0.15) is 22.8 Å². The molecule has 0 saturated heterocycles. The van der Waals surface area contributed by atoms with Gasteiger partial charge in [0.1, 0.15) is 5.82 Å². The molecule has 0 unspecified atom stereocenters. The highest BCUT2D eigenvalue weighted by Crippen LogP contribution is 2.27. The maximum absolute atomic E-state index is 14.1. The van der Waals surface area contributed by atoms with Crippen LogP contribution in [0.3, 0.4) is 0 Å². The minimum Gasteiger partial charge on any atom is -0.356 e. The summed E-state index contributed by atoms with van der Waals surface area (Å²) in [5.74, 6) is -1.28. The van der Waals surface area contributed by atoms with Crippen LogP contribution < -0.4 is 10.6 Å². The van der Waals surface area contributed by atoms with Crippen molar-refractivity contribution in [2.75, 3.05) is 16.4 Å². The Morgan fingerprint density at radius 2 is 1.93 bits per heavy atom. The van der Waals surface area contributed by atoms with Gasteiger partial charge < -0.3 is 10.6 Å². The molecule has 1 heterocycles. The number of hydrogen-bond donors (Lipinski definition) is 2. The number of nitrogens with zero attached hydrogens (tertiary/aromatic N) is 2. The monoisotopic (exact) mass is 416 g/mol. The zero-order chi connectivity index (χ0) is 19.9. The molecule has 0 atom stereocenters. The highest BCUT2D eigenvalue weighted by molar-refractivity contribution is 8.01. The van der Waals surface area contributed by atoms with E-state index < -0.39 is 5.82 Å². The van der Waals surface area contributed by atoms with Crippen LogP contribution in [-0.4, -0.2) is 27.6 Å². The van der Waals surface area contributed by atoms with Crippen LogP contribution in [0.4, 0.5) is 15.2 Å². The lowest BCUT2D eigenvalue weighted by molar-refractivity contribution is -0.114. The van der Waals surface area contributed by atoms with Crippen molar-refractivity contribution < 1.29 is 14.0 Å². The number of ketones is 1. The summed E-state index contributed by atoms with van der Waals surface area (Å²) in [5.41, 5.74) is 1.42. The van der Waals surface area contributed by atoms with Crippen LogP contribution in [-0.2, 0) is 11.3 Å². The van der Waals surface area contributed by atoms with Gasteiger partial charge in [-0.2, -0.15) is 0 Å². The number of Topliss-reactive ketones (excluding diaryl/α,β-unsaturated/α-hetero) is 1. The molecule has 1 amide bonds. The van der Waals surface area contributed by atoms with Gasteiger partial charge in [-0.15, -0.1) is 10.2 Å². The van der Waals surface area contributed by atoms with Gasteiger partial charge >= 0.3 is 0 Å². The first-order chi connectivity index (χ1) is 13.5. The zero-order valence-corrected chi connectivity index (χ0v) is 16.6. The van der Waals surface area contributed by atoms with Crippen LogP contribution in [0.15, 0.2) is 52.9 Å². The topological polar surface area (TPSA) is 84.0 Å². The lowest BCUT2D eigenvalue weighted by Gasteiger charge is -2.05. The number of carbonyl (C=O) groups excluding carboxylic acids is 2. The minimum absolute atomic E-state index is 0.0199. The van der Waals surface area contributed by atoms with Gasteiger partial charge in [0.25, 0.3) is 0 Å². The second kappa shape index (κ2) is 9.43. The van der Waals surface area contributed by atoms with E-state index >= 15 is 0 Å². The Bertz CT molecular complexity index is 979. The van der Waals surface area contributed by atoms with Gasteiger partial charge in [-0.3, -0.25) is 9.59 Å². The highest BCUT2D eigenvalue weighted by atomic mass is 32.2. The Morgan fingerprint density at radius 1 is 1.14 bits per heavy atom. The second-order valence-corrected chi connectivity index (χ2v) is 8.00. The summed E-state index contributed by atoms with van der Waals surface area (Å²) in [4.78, 5) is 23.3. The van der Waals surface area contributed by atoms with Gasteiger partial charge in [-0.25, -0.2) is 4.39 Å². The molecule has 2 N–H and O–H groups in total. The van der Waals surface area contributed by atoms with Gasteiger partial charge in [0.2, 0.25) is 11.0 Å². The Morgan fingerprint density at radius 3 is 2.64 bits per heavy atom. The summed E-state index contributed by atoms with van der Waals surface area (Å²) < 4.78 is 14.7. The fraction of sp³-hybridized carbons (Fsp3) is 0.158. The molecule has 1 aromatic heterocycles. The molecule has 0 radical (unpaired) electrons. The standard InChI is InChI=1S/C19H17FN4O2S2/c1-12(25)22-14-7-8-15(16(20)9-14)17(26)11-27-19-24-23-18(28-19)21-10-13-5-3-2-4-6-13/h2-9H,10-11H2,1H3,(H,21,23)(H,22,25). The largest absolute Gasteiger partial charge is 0.356 e. The van der Waals surface area contributed by atoms with E-state index in [9.17, 15) is 14.0 Å². The van der Waals surface area contributed by atoms with Gasteiger partial charge in [0.15, 0.2) is 10.1 Å². The summed E-state index contributed by atoms with van der Waals surface area (Å²) in [5, 5.41) is 14.4. The van der Waals surface area contributed by atoms with Crippen LogP contribution in [0.5, 0.6) is 0 Å². The summed E-state index contributed by atoms with van der Waals surface area (Å²) in [6.07, 6.45) is 0. The lowest BCUT2D eigenvalue weighted by Crippen LogP contribution is -2.09. The van der Waals surface area contributed by atoms with E-state index in [0.29, 0.717) is 21.7 Å². The number of nitrogens with one attached hydrogen (secondary N) is 2. The number of benzene rings is 2. The van der Waals surface area contributed by atoms with Gasteiger partial charge in [-0.05, 0) is 23.8 Å². The maximum atomic E-state index is 14.1. The van der Waals surface area contributed by atoms with Crippen molar-refractivity contribution in [2.24, 2.45) is 0 Å². The molecule has 3 rings (SSSR count). The van der Waals surface area contributed by atoms with Crippen molar-refractivity contribution in [2.45, 2.75) is 17.8 Å². The number of anilines is 2. The summed E-state index contributed by atoms with van der Waals surface area (Å²) in [6, 6.07) is 13.9. The number of halogens is 1. The lowest BCUT2D eigenvalue weighted by atomic mass is 10.1. The molecule has 0 aliphatic rings. The molecule has 3 aromatic rings. The fourth-order valence-corrected chi connectivity index (χ4v) is 3.97. The average Bonchev–Trinajstić information content (AvgIpc) is 3.13. The molecule has 2 aromatic carbocycles. The predicted octanol–water partition coefficient (Wildman–Crippen LogP) is 4.22. The molecule has 0 fully saturated rings. The molecule has 9 heteroatoms. The number of amides is 1. The van der Waals surface area contributed by atoms with Crippen LogP contribution in [0.25, 0.3) is 0 Å². The number of aromatic nitrogens is 2.